The van der Waals surface area contributed by atoms with Crippen molar-refractivity contribution in [1.29, 1.82) is 0 Å². The van der Waals surface area contributed by atoms with Crippen molar-refractivity contribution in [3.63, 3.8) is 0 Å². The molecule has 5 nitrogen and oxygen atoms in total. The van der Waals surface area contributed by atoms with Gasteiger partial charge in [-0.2, -0.15) is 0 Å². The Bertz CT molecular complexity index is 357. The Balaban J connectivity index is 2.02. The predicted octanol–water partition coefficient (Wildman–Crippen LogP) is 1.43. The van der Waals surface area contributed by atoms with Crippen LogP contribution in [-0.2, 0) is 4.79 Å². The maximum atomic E-state index is 10.5. The molecule has 1 aliphatic rings. The molecule has 15 heavy (non-hydrogen) atoms. The first-order chi connectivity index (χ1) is 7.16. The first-order valence-corrected chi connectivity index (χ1v) is 5.07. The van der Waals surface area contributed by atoms with Gasteiger partial charge in [0, 0.05) is 12.6 Å². The summed E-state index contributed by atoms with van der Waals surface area (Å²) >= 11 is 0. The molecule has 0 aromatic carbocycles. The fraction of sp³-hybridized carbons (Fsp3) is 0.600. The quantitative estimate of drug-likeness (QED) is 0.796. The first-order valence-electron chi connectivity index (χ1n) is 5.07. The van der Waals surface area contributed by atoms with Gasteiger partial charge in [0.2, 0.25) is 0 Å². The van der Waals surface area contributed by atoms with Gasteiger partial charge in [-0.3, -0.25) is 4.79 Å². The molecule has 0 saturated heterocycles. The van der Waals surface area contributed by atoms with Crippen LogP contribution < -0.4 is 4.90 Å². The average Bonchev–Trinajstić information content (AvgIpc) is 2.90. The number of hydrogen-bond donors (Lipinski definition) is 1. The molecule has 1 aliphatic carbocycles. The van der Waals surface area contributed by atoms with Gasteiger partial charge in [-0.1, -0.05) is 0 Å². The minimum atomic E-state index is -0.788. The van der Waals surface area contributed by atoms with Crippen LogP contribution in [0.15, 0.2) is 10.6 Å². The van der Waals surface area contributed by atoms with Crippen LogP contribution in [-0.4, -0.2) is 28.6 Å². The molecule has 1 fully saturated rings. The average molecular weight is 210 g/mol. The molecule has 82 valence electrons. The number of carboxylic acid groups (broad SMARTS) is 1. The van der Waals surface area contributed by atoms with Crippen LogP contribution in [0.3, 0.4) is 0 Å². The highest BCUT2D eigenvalue weighted by Gasteiger charge is 2.31. The largest absolute Gasteiger partial charge is 0.481 e. The minimum Gasteiger partial charge on any atom is -0.481 e. The van der Waals surface area contributed by atoms with E-state index in [1.165, 1.54) is 0 Å². The van der Waals surface area contributed by atoms with Crippen LogP contribution in [0.1, 0.15) is 25.0 Å². The zero-order valence-electron chi connectivity index (χ0n) is 8.64. The Morgan fingerprint density at radius 1 is 1.73 bits per heavy atom. The second kappa shape index (κ2) is 3.92. The zero-order valence-corrected chi connectivity index (χ0v) is 8.64. The number of rotatable bonds is 5. The molecule has 1 aromatic heterocycles. The molecule has 2 rings (SSSR count). The van der Waals surface area contributed by atoms with Gasteiger partial charge in [-0.15, -0.1) is 0 Å². The fourth-order valence-electron chi connectivity index (χ4n) is 1.51. The van der Waals surface area contributed by atoms with Crippen molar-refractivity contribution in [3.05, 3.63) is 12.0 Å². The molecule has 0 unspecified atom stereocenters. The third-order valence-corrected chi connectivity index (χ3v) is 2.41. The molecule has 1 saturated carbocycles. The van der Waals surface area contributed by atoms with Crippen molar-refractivity contribution in [3.8, 4) is 0 Å². The molecule has 5 heteroatoms. The molecule has 0 bridgehead atoms. The number of nitrogens with zero attached hydrogens (tertiary/aromatic N) is 2. The van der Waals surface area contributed by atoms with E-state index in [0.29, 0.717) is 18.6 Å². The van der Waals surface area contributed by atoms with Crippen molar-refractivity contribution in [1.82, 2.24) is 4.98 Å². The number of anilines is 1. The highest BCUT2D eigenvalue weighted by molar-refractivity contribution is 5.67. The Kier molecular flexibility index (Phi) is 2.62. The van der Waals surface area contributed by atoms with Crippen molar-refractivity contribution in [2.75, 3.05) is 11.4 Å². The number of oxazole rings is 1. The number of aryl methyl sites for hydroxylation is 1. The van der Waals surface area contributed by atoms with E-state index in [2.05, 4.69) is 4.98 Å². The summed E-state index contributed by atoms with van der Waals surface area (Å²) in [5.41, 5.74) is 0. The topological polar surface area (TPSA) is 66.6 Å². The van der Waals surface area contributed by atoms with E-state index in [-0.39, 0.29) is 6.42 Å². The Morgan fingerprint density at radius 3 is 2.93 bits per heavy atom. The maximum Gasteiger partial charge on any atom is 0.305 e. The Labute approximate surface area is 87.7 Å². The Hall–Kier alpha value is -1.52. The molecule has 0 atom stereocenters. The molecule has 1 heterocycles. The van der Waals surface area contributed by atoms with Crippen LogP contribution in [0.2, 0.25) is 0 Å². The second-order valence-electron chi connectivity index (χ2n) is 3.82. The molecule has 1 N–H and O–H groups in total. The summed E-state index contributed by atoms with van der Waals surface area (Å²) in [5.74, 6) is -0.0325. The van der Waals surface area contributed by atoms with Crippen molar-refractivity contribution < 1.29 is 14.3 Å². The van der Waals surface area contributed by atoms with Crippen LogP contribution in [0.5, 0.6) is 0 Å². The minimum absolute atomic E-state index is 0.123. The number of carboxylic acids is 1. The monoisotopic (exact) mass is 210 g/mol. The van der Waals surface area contributed by atoms with Crippen molar-refractivity contribution in [2.24, 2.45) is 0 Å². The van der Waals surface area contributed by atoms with E-state index >= 15 is 0 Å². The van der Waals surface area contributed by atoms with Gasteiger partial charge >= 0.3 is 5.97 Å². The number of aliphatic carboxylic acids is 1. The molecular formula is C10H14N2O3. The lowest BCUT2D eigenvalue weighted by Crippen LogP contribution is -2.28. The normalized spacial score (nSPS) is 15.3. The summed E-state index contributed by atoms with van der Waals surface area (Å²) in [6.45, 7) is 2.30. The van der Waals surface area contributed by atoms with Crippen LogP contribution in [0, 0.1) is 6.92 Å². The number of aromatic nitrogens is 1. The van der Waals surface area contributed by atoms with Gasteiger partial charge in [0.05, 0.1) is 12.6 Å². The van der Waals surface area contributed by atoms with Crippen LogP contribution in [0.25, 0.3) is 0 Å². The van der Waals surface area contributed by atoms with E-state index in [0.717, 1.165) is 18.6 Å². The number of carbonyl (C=O) groups is 1. The second-order valence-corrected chi connectivity index (χ2v) is 3.82. The smallest absolute Gasteiger partial charge is 0.305 e. The lowest BCUT2D eigenvalue weighted by Gasteiger charge is -2.18. The number of hydrogen-bond acceptors (Lipinski definition) is 4. The van der Waals surface area contributed by atoms with Gasteiger partial charge in [0.15, 0.2) is 0 Å². The standard InChI is InChI=1S/C10H14N2O3/c1-7-6-11-10(15-7)12(8-2-3-8)5-4-9(13)14/h6,8H,2-5H2,1H3,(H,13,14). The fourth-order valence-corrected chi connectivity index (χ4v) is 1.51. The maximum absolute atomic E-state index is 10.5. The predicted molar refractivity (Wildman–Crippen MR) is 53.9 cm³/mol. The molecule has 0 spiro atoms. The van der Waals surface area contributed by atoms with Gasteiger partial charge in [-0.25, -0.2) is 4.98 Å². The summed E-state index contributed by atoms with van der Waals surface area (Å²) < 4.78 is 5.40. The zero-order chi connectivity index (χ0) is 10.8. The van der Waals surface area contributed by atoms with E-state index < -0.39 is 5.97 Å². The highest BCUT2D eigenvalue weighted by atomic mass is 16.4. The van der Waals surface area contributed by atoms with E-state index in [1.807, 2.05) is 11.8 Å². The van der Waals surface area contributed by atoms with E-state index in [4.69, 9.17) is 9.52 Å². The first kappa shape index (κ1) is 10.0. The molecule has 0 radical (unpaired) electrons. The van der Waals surface area contributed by atoms with Crippen molar-refractivity contribution >= 4 is 12.0 Å². The Morgan fingerprint density at radius 2 is 2.47 bits per heavy atom. The summed E-state index contributed by atoms with van der Waals surface area (Å²) in [4.78, 5) is 16.6. The molecule has 0 aliphatic heterocycles. The van der Waals surface area contributed by atoms with Gasteiger partial charge in [-0.05, 0) is 19.8 Å². The summed E-state index contributed by atoms with van der Waals surface area (Å²) in [7, 11) is 0. The molecule has 0 amide bonds. The SMILES string of the molecule is Cc1cnc(N(CCC(=O)O)C2CC2)o1. The summed E-state index contributed by atoms with van der Waals surface area (Å²) in [6, 6.07) is 0.971. The lowest BCUT2D eigenvalue weighted by molar-refractivity contribution is -0.136. The molecular weight excluding hydrogens is 196 g/mol. The highest BCUT2D eigenvalue weighted by Crippen LogP contribution is 2.31. The lowest BCUT2D eigenvalue weighted by atomic mass is 10.4. The van der Waals surface area contributed by atoms with Crippen molar-refractivity contribution in [2.45, 2.75) is 32.2 Å². The summed E-state index contributed by atoms with van der Waals surface area (Å²) in [5, 5.41) is 8.64. The van der Waals surface area contributed by atoms with Gasteiger partial charge < -0.3 is 14.4 Å². The van der Waals surface area contributed by atoms with E-state index in [1.54, 1.807) is 6.20 Å². The third kappa shape index (κ3) is 2.49. The van der Waals surface area contributed by atoms with Gasteiger partial charge in [0.1, 0.15) is 5.76 Å². The van der Waals surface area contributed by atoms with E-state index in [9.17, 15) is 4.79 Å². The third-order valence-electron chi connectivity index (χ3n) is 2.41. The van der Waals surface area contributed by atoms with Crippen LogP contribution >= 0.6 is 0 Å². The van der Waals surface area contributed by atoms with Gasteiger partial charge in [0.25, 0.3) is 6.01 Å². The van der Waals surface area contributed by atoms with Crippen LogP contribution in [0.4, 0.5) is 6.01 Å². The molecule has 1 aromatic rings. The summed E-state index contributed by atoms with van der Waals surface area (Å²) in [6.07, 6.45) is 3.98.